The third-order valence-corrected chi connectivity index (χ3v) is 5.26. The van der Waals surface area contributed by atoms with Gasteiger partial charge in [0.1, 0.15) is 5.82 Å². The Morgan fingerprint density at radius 2 is 1.86 bits per heavy atom. The molecule has 1 spiro atoms. The first-order chi connectivity index (χ1) is 13.0. The lowest BCUT2D eigenvalue weighted by atomic mass is 9.78. The highest BCUT2D eigenvalue weighted by Crippen LogP contribution is 2.39. The number of hydrogen-bond donors (Lipinski definition) is 2. The van der Waals surface area contributed by atoms with E-state index < -0.39 is 23.2 Å². The highest BCUT2D eigenvalue weighted by molar-refractivity contribution is 5.32. The molecule has 2 saturated heterocycles. The maximum atomic E-state index is 13.4. The second-order valence-corrected chi connectivity index (χ2v) is 7.65. The number of hydrogen-bond acceptors (Lipinski definition) is 4. The van der Waals surface area contributed by atoms with Gasteiger partial charge in [-0.05, 0) is 43.9 Å². The minimum atomic E-state index is -4.69. The van der Waals surface area contributed by atoms with Crippen LogP contribution >= 0.6 is 0 Å². The normalized spacial score (nSPS) is 25.1. The van der Waals surface area contributed by atoms with E-state index in [2.05, 4.69) is 0 Å². The average Bonchev–Trinajstić information content (AvgIpc) is 2.58. The Kier molecular flexibility index (Phi) is 7.06. The lowest BCUT2D eigenvalue weighted by molar-refractivity contribution is -0.173. The number of likely N-dealkylation sites (tertiary alicyclic amines) is 1. The van der Waals surface area contributed by atoms with Crippen molar-refractivity contribution in [2.75, 3.05) is 19.7 Å². The number of rotatable bonds is 2. The molecule has 0 bridgehead atoms. The molecule has 0 radical (unpaired) electrons. The number of carboxylic acid groups (broad SMARTS) is 1. The monoisotopic (exact) mass is 407 g/mol. The van der Waals surface area contributed by atoms with Gasteiger partial charge in [0.2, 0.25) is 0 Å². The zero-order valence-electron chi connectivity index (χ0n) is 15.6. The highest BCUT2D eigenvalue weighted by Gasteiger charge is 2.44. The smallest absolute Gasteiger partial charge is 0.419 e. The van der Waals surface area contributed by atoms with Gasteiger partial charge in [-0.3, -0.25) is 9.69 Å². The van der Waals surface area contributed by atoms with Crippen LogP contribution in [0.4, 0.5) is 17.6 Å². The second kappa shape index (κ2) is 8.75. The average molecular weight is 407 g/mol. The lowest BCUT2D eigenvalue weighted by Crippen LogP contribution is -2.53. The Hall–Kier alpha value is -1.71. The maximum absolute atomic E-state index is 13.4. The largest absolute Gasteiger partial charge is 0.483 e. The summed E-state index contributed by atoms with van der Waals surface area (Å²) < 4.78 is 57.8. The predicted molar refractivity (Wildman–Crippen MR) is 93.1 cm³/mol. The van der Waals surface area contributed by atoms with Gasteiger partial charge in [0.05, 0.1) is 23.4 Å². The van der Waals surface area contributed by atoms with Gasteiger partial charge < -0.3 is 14.9 Å². The fraction of sp³-hybridized carbons (Fsp3) is 0.632. The molecule has 1 aromatic carbocycles. The summed E-state index contributed by atoms with van der Waals surface area (Å²) in [7, 11) is 0. The Bertz CT molecular complexity index is 670. The number of benzene rings is 1. The molecule has 2 N–H and O–H groups in total. The van der Waals surface area contributed by atoms with Crippen LogP contribution in [0.5, 0.6) is 0 Å². The molecule has 158 valence electrons. The molecule has 2 aliphatic rings. The molecule has 5 nitrogen and oxygen atoms in total. The molecule has 1 atom stereocenters. The van der Waals surface area contributed by atoms with Gasteiger partial charge in [0, 0.05) is 26.1 Å². The van der Waals surface area contributed by atoms with E-state index in [1.165, 1.54) is 6.07 Å². The number of aliphatic hydroxyl groups is 1. The molecule has 3 rings (SSSR count). The van der Waals surface area contributed by atoms with Crippen molar-refractivity contribution >= 4 is 6.47 Å². The van der Waals surface area contributed by atoms with Crippen molar-refractivity contribution < 1.29 is 37.3 Å². The van der Waals surface area contributed by atoms with Crippen molar-refractivity contribution in [3.05, 3.63) is 35.1 Å². The van der Waals surface area contributed by atoms with E-state index in [0.29, 0.717) is 44.6 Å². The summed E-state index contributed by atoms with van der Waals surface area (Å²) >= 11 is 0. The summed E-state index contributed by atoms with van der Waals surface area (Å²) in [4.78, 5) is 10.4. The van der Waals surface area contributed by atoms with Crippen LogP contribution in [-0.4, -0.2) is 52.5 Å². The summed E-state index contributed by atoms with van der Waals surface area (Å²) in [6, 6.07) is 3.17. The number of carbonyl (C=O) groups is 1. The van der Waals surface area contributed by atoms with Gasteiger partial charge in [-0.1, -0.05) is 6.07 Å². The van der Waals surface area contributed by atoms with Gasteiger partial charge in [-0.15, -0.1) is 0 Å². The van der Waals surface area contributed by atoms with Gasteiger partial charge in [0.15, 0.2) is 0 Å². The van der Waals surface area contributed by atoms with E-state index in [1.54, 1.807) is 0 Å². The molecule has 2 heterocycles. The number of alkyl halides is 3. The number of piperidine rings is 1. The first-order valence-corrected chi connectivity index (χ1v) is 9.02. The predicted octanol–water partition coefficient (Wildman–Crippen LogP) is 3.44. The van der Waals surface area contributed by atoms with Crippen LogP contribution in [0.2, 0.25) is 0 Å². The fourth-order valence-electron chi connectivity index (χ4n) is 3.91. The number of halogens is 4. The standard InChI is InChI=1S/C18H23F4NO2.CH2O2/c1-16(24)6-9-25-17(12-16)4-7-23(8-5-17)11-13-2-3-15(19)14(10-13)18(20,21)22;2-1-3/h2-3,10,24H,4-9,11-12H2,1H3;1H,(H,2,3). The van der Waals surface area contributed by atoms with E-state index in [4.69, 9.17) is 14.6 Å². The van der Waals surface area contributed by atoms with Crippen molar-refractivity contribution in [3.8, 4) is 0 Å². The van der Waals surface area contributed by atoms with Gasteiger partial charge in [-0.25, -0.2) is 4.39 Å². The Morgan fingerprint density at radius 1 is 1.25 bits per heavy atom. The molecule has 0 aromatic heterocycles. The molecule has 1 unspecified atom stereocenters. The second-order valence-electron chi connectivity index (χ2n) is 7.65. The van der Waals surface area contributed by atoms with Crippen molar-refractivity contribution in [2.24, 2.45) is 0 Å². The third kappa shape index (κ3) is 5.89. The number of nitrogens with zero attached hydrogens (tertiary/aromatic N) is 1. The van der Waals surface area contributed by atoms with Crippen molar-refractivity contribution in [2.45, 2.75) is 56.5 Å². The van der Waals surface area contributed by atoms with Crippen LogP contribution in [0, 0.1) is 5.82 Å². The van der Waals surface area contributed by atoms with Crippen molar-refractivity contribution in [1.29, 1.82) is 0 Å². The van der Waals surface area contributed by atoms with E-state index in [1.807, 2.05) is 11.8 Å². The van der Waals surface area contributed by atoms with Crippen LogP contribution in [0.25, 0.3) is 0 Å². The van der Waals surface area contributed by atoms with Crippen molar-refractivity contribution in [3.63, 3.8) is 0 Å². The molecule has 0 aliphatic carbocycles. The molecule has 2 aliphatic heterocycles. The van der Waals surface area contributed by atoms with Gasteiger partial charge >= 0.3 is 6.18 Å². The Labute approximate surface area is 160 Å². The zero-order valence-corrected chi connectivity index (χ0v) is 15.6. The molecule has 0 saturated carbocycles. The van der Waals surface area contributed by atoms with E-state index in [-0.39, 0.29) is 12.1 Å². The fourth-order valence-corrected chi connectivity index (χ4v) is 3.91. The molecule has 1 aromatic rings. The van der Waals surface area contributed by atoms with Crippen LogP contribution in [0.1, 0.15) is 43.7 Å². The molecular weight excluding hydrogens is 382 g/mol. The highest BCUT2D eigenvalue weighted by atomic mass is 19.4. The summed E-state index contributed by atoms with van der Waals surface area (Å²) in [5.74, 6) is -1.24. The van der Waals surface area contributed by atoms with Gasteiger partial charge in [0.25, 0.3) is 6.47 Å². The summed E-state index contributed by atoms with van der Waals surface area (Å²) in [5, 5.41) is 17.2. The first kappa shape index (κ1) is 22.6. The summed E-state index contributed by atoms with van der Waals surface area (Å²) in [5.41, 5.74) is -1.83. The molecule has 0 amide bonds. The number of ether oxygens (including phenoxy) is 1. The summed E-state index contributed by atoms with van der Waals surface area (Å²) in [6.45, 7) is 3.79. The molecular formula is C19H25F4NO4. The van der Waals surface area contributed by atoms with Crippen LogP contribution in [0.15, 0.2) is 18.2 Å². The topological polar surface area (TPSA) is 70.0 Å². The van der Waals surface area contributed by atoms with E-state index in [0.717, 1.165) is 25.0 Å². The Balaban J connectivity index is 0.000000878. The minimum Gasteiger partial charge on any atom is -0.483 e. The SMILES string of the molecule is CC1(O)CCOC2(CCN(Cc3ccc(F)c(C(F)(F)F)c3)CC2)C1.O=CO. The minimum absolute atomic E-state index is 0.250. The third-order valence-electron chi connectivity index (χ3n) is 5.26. The zero-order chi connectivity index (χ0) is 21.0. The molecule has 2 fully saturated rings. The van der Waals surface area contributed by atoms with E-state index >= 15 is 0 Å². The molecule has 28 heavy (non-hydrogen) atoms. The summed E-state index contributed by atoms with van der Waals surface area (Å²) in [6.07, 6.45) is -2.02. The van der Waals surface area contributed by atoms with Gasteiger partial charge in [-0.2, -0.15) is 13.2 Å². The maximum Gasteiger partial charge on any atom is 0.419 e. The van der Waals surface area contributed by atoms with Crippen LogP contribution in [-0.2, 0) is 22.3 Å². The Morgan fingerprint density at radius 3 is 2.39 bits per heavy atom. The first-order valence-electron chi connectivity index (χ1n) is 9.02. The lowest BCUT2D eigenvalue weighted by Gasteiger charge is -2.48. The van der Waals surface area contributed by atoms with E-state index in [9.17, 15) is 22.7 Å². The van der Waals surface area contributed by atoms with Crippen LogP contribution < -0.4 is 0 Å². The van der Waals surface area contributed by atoms with Crippen molar-refractivity contribution in [1.82, 2.24) is 4.90 Å². The molecule has 9 heteroatoms. The quantitative estimate of drug-likeness (QED) is 0.581. The van der Waals surface area contributed by atoms with Crippen LogP contribution in [0.3, 0.4) is 0 Å².